The number of rotatable bonds is 1. The number of para-hydroxylation sites is 1. The Morgan fingerprint density at radius 2 is 1.77 bits per heavy atom. The van der Waals surface area contributed by atoms with Gasteiger partial charge in [0.2, 0.25) is 21.4 Å². The van der Waals surface area contributed by atoms with E-state index in [0.717, 1.165) is 32.8 Å². The van der Waals surface area contributed by atoms with E-state index >= 15 is 0 Å². The molecule has 0 fully saturated rings. The first-order chi connectivity index (χ1) is 12.1. The van der Waals surface area contributed by atoms with Gasteiger partial charge < -0.3 is 9.54 Å². The highest BCUT2D eigenvalue weighted by molar-refractivity contribution is 7.79. The largest absolute Gasteiger partial charge is 0.726 e. The smallest absolute Gasteiger partial charge is 0.276 e. The lowest BCUT2D eigenvalue weighted by molar-refractivity contribution is -0.616. The van der Waals surface area contributed by atoms with E-state index in [4.69, 9.17) is 17.5 Å². The highest BCUT2D eigenvalue weighted by Gasteiger charge is 2.19. The minimum atomic E-state index is -4.92. The number of nitrogens with one attached hydrogen (secondary N) is 1. The van der Waals surface area contributed by atoms with Crippen LogP contribution in [0.1, 0.15) is 0 Å². The van der Waals surface area contributed by atoms with E-state index in [1.54, 1.807) is 12.1 Å². The van der Waals surface area contributed by atoms with Crippen LogP contribution < -0.4 is 4.57 Å². The van der Waals surface area contributed by atoms with Crippen molar-refractivity contribution in [2.45, 2.75) is 0 Å². The summed E-state index contributed by atoms with van der Waals surface area (Å²) < 4.78 is 34.8. The maximum atomic E-state index is 11.0. The Kier molecular flexibility index (Phi) is 4.32. The van der Waals surface area contributed by atoms with Gasteiger partial charge in [-0.3, -0.25) is 14.7 Å². The van der Waals surface area contributed by atoms with Crippen molar-refractivity contribution in [3.05, 3.63) is 58.6 Å². The van der Waals surface area contributed by atoms with Gasteiger partial charge in [-0.05, 0) is 24.3 Å². The van der Waals surface area contributed by atoms with Crippen LogP contribution in [0.15, 0.2) is 48.5 Å². The zero-order chi connectivity index (χ0) is 19.1. The number of nitro benzene ring substituents is 1. The number of nitro groups is 1. The van der Waals surface area contributed by atoms with Crippen LogP contribution in [-0.4, -0.2) is 27.4 Å². The average molecular weight is 375 g/mol. The monoisotopic (exact) mass is 375 g/mol. The van der Waals surface area contributed by atoms with Crippen LogP contribution in [0.2, 0.25) is 0 Å². The van der Waals surface area contributed by atoms with E-state index in [1.165, 1.54) is 6.07 Å². The summed E-state index contributed by atoms with van der Waals surface area (Å²) in [4.78, 5) is 14.0. The molecule has 0 aliphatic heterocycles. The summed E-state index contributed by atoms with van der Waals surface area (Å²) in [6.07, 6.45) is 0. The summed E-state index contributed by atoms with van der Waals surface area (Å²) in [7, 11) is -2.98. The molecule has 2 aromatic heterocycles. The van der Waals surface area contributed by atoms with E-state index in [0.29, 0.717) is 0 Å². The van der Waals surface area contributed by atoms with Crippen LogP contribution in [0.25, 0.3) is 32.8 Å². The fourth-order valence-corrected chi connectivity index (χ4v) is 2.95. The van der Waals surface area contributed by atoms with Crippen LogP contribution in [-0.2, 0) is 17.4 Å². The fraction of sp³-hybridized carbons (Fsp3) is 0.0625. The molecule has 2 aromatic carbocycles. The van der Waals surface area contributed by atoms with E-state index in [9.17, 15) is 10.1 Å². The number of hydrogen-bond acceptors (Lipinski definition) is 5. The average Bonchev–Trinajstić information content (AvgIpc) is 2.91. The molecule has 134 valence electrons. The van der Waals surface area contributed by atoms with Crippen molar-refractivity contribution in [1.82, 2.24) is 4.98 Å². The topological polar surface area (TPSA) is 140 Å². The number of aromatic amines is 1. The second-order valence-electron chi connectivity index (χ2n) is 5.56. The quantitative estimate of drug-likeness (QED) is 0.172. The Labute approximate surface area is 147 Å². The number of aryl methyl sites for hydroxylation is 1. The number of non-ortho nitro benzene ring substituents is 1. The zero-order valence-corrected chi connectivity index (χ0v) is 14.2. The van der Waals surface area contributed by atoms with Gasteiger partial charge in [-0.15, -0.1) is 0 Å². The molecule has 0 radical (unpaired) electrons. The van der Waals surface area contributed by atoms with E-state index in [2.05, 4.69) is 11.1 Å². The molecule has 0 bridgehead atoms. The third-order valence-electron chi connectivity index (χ3n) is 3.93. The number of benzene rings is 2. The van der Waals surface area contributed by atoms with Gasteiger partial charge >= 0.3 is 0 Å². The Balaban J connectivity index is 0.000000349. The lowest BCUT2D eigenvalue weighted by atomic mass is 10.1. The number of H-pyrrole nitrogens is 1. The number of hydrogen-bond donors (Lipinski definition) is 2. The normalized spacial score (nSPS) is 11.5. The van der Waals surface area contributed by atoms with Gasteiger partial charge in [0.05, 0.1) is 21.9 Å². The molecule has 4 rings (SSSR count). The Bertz CT molecular complexity index is 1260. The number of aromatic nitrogens is 2. The van der Waals surface area contributed by atoms with Crippen molar-refractivity contribution in [3.8, 4) is 0 Å². The molecular weight excluding hydrogens is 362 g/mol. The van der Waals surface area contributed by atoms with Crippen LogP contribution in [0.5, 0.6) is 0 Å². The molecule has 0 amide bonds. The molecule has 0 unspecified atom stereocenters. The fourth-order valence-electron chi connectivity index (χ4n) is 2.95. The van der Waals surface area contributed by atoms with Crippen molar-refractivity contribution in [2.24, 2.45) is 7.05 Å². The van der Waals surface area contributed by atoms with E-state index < -0.39 is 10.4 Å². The maximum Gasteiger partial charge on any atom is 0.276 e. The van der Waals surface area contributed by atoms with E-state index in [-0.39, 0.29) is 10.6 Å². The Hall–Kier alpha value is -3.08. The highest BCUT2D eigenvalue weighted by Crippen LogP contribution is 2.26. The summed E-state index contributed by atoms with van der Waals surface area (Å²) in [6.45, 7) is 0. The minimum Gasteiger partial charge on any atom is -0.726 e. The first kappa shape index (κ1) is 17.7. The third-order valence-corrected chi connectivity index (χ3v) is 3.93. The second kappa shape index (κ2) is 6.33. The summed E-state index contributed by atoms with van der Waals surface area (Å²) in [6, 6.07) is 15.1. The van der Waals surface area contributed by atoms with Gasteiger partial charge in [0.1, 0.15) is 12.6 Å². The molecular formula is C16H13N3O6S. The van der Waals surface area contributed by atoms with Crippen molar-refractivity contribution >= 4 is 48.9 Å². The van der Waals surface area contributed by atoms with Gasteiger partial charge in [0.25, 0.3) is 5.69 Å². The molecule has 0 atom stereocenters. The lowest BCUT2D eigenvalue weighted by Gasteiger charge is -1.99. The number of fused-ring (bicyclic) bond motifs is 4. The van der Waals surface area contributed by atoms with Crippen molar-refractivity contribution < 1.29 is 27.0 Å². The van der Waals surface area contributed by atoms with Gasteiger partial charge in [-0.1, -0.05) is 12.1 Å². The summed E-state index contributed by atoms with van der Waals surface area (Å²) in [5.74, 6) is 0. The second-order valence-corrected chi connectivity index (χ2v) is 6.42. The molecule has 0 saturated heterocycles. The molecule has 10 heteroatoms. The molecule has 9 nitrogen and oxygen atoms in total. The zero-order valence-electron chi connectivity index (χ0n) is 13.4. The van der Waals surface area contributed by atoms with Gasteiger partial charge in [0, 0.05) is 11.5 Å². The van der Waals surface area contributed by atoms with Gasteiger partial charge in [-0.2, -0.15) is 4.57 Å². The summed E-state index contributed by atoms with van der Waals surface area (Å²) >= 11 is 0. The van der Waals surface area contributed by atoms with Gasteiger partial charge in [0.15, 0.2) is 0 Å². The summed E-state index contributed by atoms with van der Waals surface area (Å²) in [5.41, 5.74) is 4.10. The van der Waals surface area contributed by atoms with Crippen molar-refractivity contribution in [1.29, 1.82) is 0 Å². The predicted molar refractivity (Wildman–Crippen MR) is 93.5 cm³/mol. The minimum absolute atomic E-state index is 0.109. The molecule has 26 heavy (non-hydrogen) atoms. The van der Waals surface area contributed by atoms with Crippen molar-refractivity contribution in [2.75, 3.05) is 0 Å². The first-order valence-electron chi connectivity index (χ1n) is 7.31. The van der Waals surface area contributed by atoms with Crippen molar-refractivity contribution in [3.63, 3.8) is 0 Å². The van der Waals surface area contributed by atoms with Crippen LogP contribution in [0, 0.1) is 10.1 Å². The molecule has 4 aromatic rings. The van der Waals surface area contributed by atoms with Crippen LogP contribution in [0.3, 0.4) is 0 Å². The summed E-state index contributed by atoms with van der Waals surface area (Å²) in [5, 5.41) is 13.1. The van der Waals surface area contributed by atoms with Crippen LogP contribution >= 0.6 is 0 Å². The number of nitrogens with zero attached hydrogens (tertiary/aromatic N) is 2. The van der Waals surface area contributed by atoms with Crippen LogP contribution in [0.4, 0.5) is 5.69 Å². The molecule has 0 spiro atoms. The lowest BCUT2D eigenvalue weighted by Crippen LogP contribution is -2.29. The molecule has 0 aliphatic carbocycles. The molecule has 2 heterocycles. The molecule has 0 saturated carbocycles. The maximum absolute atomic E-state index is 11.0. The van der Waals surface area contributed by atoms with E-state index in [1.807, 2.05) is 35.9 Å². The molecule has 0 aliphatic rings. The Morgan fingerprint density at radius 1 is 1.12 bits per heavy atom. The Morgan fingerprint density at radius 3 is 2.42 bits per heavy atom. The SMILES string of the molecule is C[n+]1c2cc([N+](=O)[O-])ccc2cc2[nH]c3ccccc3c21.O=S(=O)([O-])O. The predicted octanol–water partition coefficient (Wildman–Crippen LogP) is 2.21. The van der Waals surface area contributed by atoms with Gasteiger partial charge in [-0.25, -0.2) is 8.42 Å². The highest BCUT2D eigenvalue weighted by atomic mass is 32.3. The molecule has 2 N–H and O–H groups in total. The third kappa shape index (κ3) is 3.47. The standard InChI is InChI=1S/C16H11N3O2.H2O4S/c1-18-15-9-11(19(20)21)7-6-10(15)8-14-16(18)12-4-2-3-5-13(12)17-14;1-5(2,3)4/h2-9H,1H3;(H2,1,2,3,4). The first-order valence-corrected chi connectivity index (χ1v) is 8.67. The number of pyridine rings is 1.